The second-order valence-electron chi connectivity index (χ2n) is 4.60. The van der Waals surface area contributed by atoms with Crippen molar-refractivity contribution < 1.29 is 0 Å². The van der Waals surface area contributed by atoms with Gasteiger partial charge in [0.2, 0.25) is 0 Å². The topological polar surface area (TPSA) is 39.1 Å². The molecule has 1 aromatic rings. The van der Waals surface area contributed by atoms with Crippen LogP contribution in [-0.4, -0.2) is 31.1 Å². The Morgan fingerprint density at radius 2 is 1.89 bits per heavy atom. The zero-order valence-electron chi connectivity index (χ0n) is 12.3. The van der Waals surface area contributed by atoms with Crippen LogP contribution in [-0.2, 0) is 6.42 Å². The zero-order valence-corrected chi connectivity index (χ0v) is 12.3. The highest BCUT2D eigenvalue weighted by atomic mass is 15.1. The minimum absolute atomic E-state index is 0.202. The average molecular weight is 259 g/mol. The smallest absolute Gasteiger partial charge is 0.121 e. The van der Waals surface area contributed by atoms with Gasteiger partial charge in [0.15, 0.2) is 0 Å². The van der Waals surface area contributed by atoms with Crippen LogP contribution < -0.4 is 5.32 Å². The van der Waals surface area contributed by atoms with Crippen LogP contribution in [0.2, 0.25) is 0 Å². The summed E-state index contributed by atoms with van der Waals surface area (Å²) in [4.78, 5) is 2.35. The SMILES string of the molecule is CCc1ccccc1C(C#N)NCCN(CC)CC. The molecule has 0 aliphatic rings. The van der Waals surface area contributed by atoms with Gasteiger partial charge in [0, 0.05) is 13.1 Å². The Morgan fingerprint density at radius 3 is 2.47 bits per heavy atom. The maximum atomic E-state index is 9.35. The van der Waals surface area contributed by atoms with Crippen molar-refractivity contribution >= 4 is 0 Å². The van der Waals surface area contributed by atoms with Crippen molar-refractivity contribution in [3.8, 4) is 6.07 Å². The van der Waals surface area contributed by atoms with Crippen LogP contribution in [0, 0.1) is 11.3 Å². The molecule has 0 fully saturated rings. The second kappa shape index (κ2) is 8.68. The predicted molar refractivity (Wildman–Crippen MR) is 80.0 cm³/mol. The van der Waals surface area contributed by atoms with E-state index in [9.17, 15) is 5.26 Å². The fourth-order valence-electron chi connectivity index (χ4n) is 2.27. The summed E-state index contributed by atoms with van der Waals surface area (Å²) in [7, 11) is 0. The lowest BCUT2D eigenvalue weighted by molar-refractivity contribution is 0.300. The largest absolute Gasteiger partial charge is 0.303 e. The quantitative estimate of drug-likeness (QED) is 0.780. The van der Waals surface area contributed by atoms with Crippen LogP contribution in [0.25, 0.3) is 0 Å². The maximum Gasteiger partial charge on any atom is 0.121 e. The van der Waals surface area contributed by atoms with E-state index in [-0.39, 0.29) is 6.04 Å². The van der Waals surface area contributed by atoms with E-state index in [1.165, 1.54) is 5.56 Å². The van der Waals surface area contributed by atoms with Crippen molar-refractivity contribution in [3.63, 3.8) is 0 Å². The number of aryl methyl sites for hydroxylation is 1. The number of benzene rings is 1. The van der Waals surface area contributed by atoms with Crippen LogP contribution in [0.1, 0.15) is 37.9 Å². The Labute approximate surface area is 117 Å². The molecule has 0 aliphatic heterocycles. The van der Waals surface area contributed by atoms with Gasteiger partial charge < -0.3 is 4.90 Å². The molecule has 0 heterocycles. The van der Waals surface area contributed by atoms with Gasteiger partial charge >= 0.3 is 0 Å². The normalized spacial score (nSPS) is 12.4. The monoisotopic (exact) mass is 259 g/mol. The lowest BCUT2D eigenvalue weighted by Crippen LogP contribution is -2.33. The van der Waals surface area contributed by atoms with E-state index in [1.54, 1.807) is 0 Å². The minimum Gasteiger partial charge on any atom is -0.303 e. The summed E-state index contributed by atoms with van der Waals surface area (Å²) in [5, 5.41) is 12.7. The molecule has 19 heavy (non-hydrogen) atoms. The molecule has 1 atom stereocenters. The van der Waals surface area contributed by atoms with E-state index in [1.807, 2.05) is 12.1 Å². The van der Waals surface area contributed by atoms with E-state index >= 15 is 0 Å². The van der Waals surface area contributed by atoms with Gasteiger partial charge in [0.1, 0.15) is 6.04 Å². The first-order valence-corrected chi connectivity index (χ1v) is 7.19. The van der Waals surface area contributed by atoms with Crippen molar-refractivity contribution in [2.24, 2.45) is 0 Å². The number of likely N-dealkylation sites (N-methyl/N-ethyl adjacent to an activating group) is 1. The molecule has 0 aliphatic carbocycles. The Balaban J connectivity index is 2.61. The molecule has 0 radical (unpaired) electrons. The summed E-state index contributed by atoms with van der Waals surface area (Å²) in [5.41, 5.74) is 2.37. The van der Waals surface area contributed by atoms with Crippen molar-refractivity contribution in [1.29, 1.82) is 5.26 Å². The third-order valence-corrected chi connectivity index (χ3v) is 3.55. The van der Waals surface area contributed by atoms with Crippen LogP contribution in [0.3, 0.4) is 0 Å². The minimum atomic E-state index is -0.202. The van der Waals surface area contributed by atoms with E-state index in [0.717, 1.165) is 38.2 Å². The predicted octanol–water partition coefficient (Wildman–Crippen LogP) is 2.75. The molecule has 1 aromatic carbocycles. The number of nitrogens with zero attached hydrogens (tertiary/aromatic N) is 2. The molecule has 104 valence electrons. The van der Waals surface area contributed by atoms with Gasteiger partial charge in [-0.3, -0.25) is 5.32 Å². The van der Waals surface area contributed by atoms with Crippen molar-refractivity contribution in [1.82, 2.24) is 10.2 Å². The molecule has 0 bridgehead atoms. The zero-order chi connectivity index (χ0) is 14.1. The first-order valence-electron chi connectivity index (χ1n) is 7.19. The number of hydrogen-bond acceptors (Lipinski definition) is 3. The lowest BCUT2D eigenvalue weighted by atomic mass is 9.99. The standard InChI is InChI=1S/C16H25N3/c1-4-14-9-7-8-10-15(14)16(13-17)18-11-12-19(5-2)6-3/h7-10,16,18H,4-6,11-12H2,1-3H3. The van der Waals surface area contributed by atoms with Gasteiger partial charge in [-0.1, -0.05) is 45.0 Å². The lowest BCUT2D eigenvalue weighted by Gasteiger charge is -2.20. The van der Waals surface area contributed by atoms with Gasteiger partial charge in [0.05, 0.1) is 6.07 Å². The van der Waals surface area contributed by atoms with Gasteiger partial charge in [-0.15, -0.1) is 0 Å². The van der Waals surface area contributed by atoms with Gasteiger partial charge in [0.25, 0.3) is 0 Å². The highest BCUT2D eigenvalue weighted by Crippen LogP contribution is 2.17. The average Bonchev–Trinajstić information content (AvgIpc) is 2.48. The first-order chi connectivity index (χ1) is 9.26. The summed E-state index contributed by atoms with van der Waals surface area (Å²) in [6.45, 7) is 10.4. The molecule has 0 aromatic heterocycles. The Morgan fingerprint density at radius 1 is 1.21 bits per heavy atom. The van der Waals surface area contributed by atoms with E-state index in [4.69, 9.17) is 0 Å². The highest BCUT2D eigenvalue weighted by molar-refractivity contribution is 5.33. The fraction of sp³-hybridized carbons (Fsp3) is 0.562. The van der Waals surface area contributed by atoms with Gasteiger partial charge in [-0.25, -0.2) is 0 Å². The van der Waals surface area contributed by atoms with Crippen LogP contribution in [0.4, 0.5) is 0 Å². The highest BCUT2D eigenvalue weighted by Gasteiger charge is 2.12. The Hall–Kier alpha value is -1.37. The van der Waals surface area contributed by atoms with Gasteiger partial charge in [-0.2, -0.15) is 5.26 Å². The van der Waals surface area contributed by atoms with E-state index in [0.29, 0.717) is 0 Å². The third kappa shape index (κ3) is 4.66. The summed E-state index contributed by atoms with van der Waals surface area (Å²) in [6.07, 6.45) is 0.964. The molecule has 0 amide bonds. The van der Waals surface area contributed by atoms with E-state index in [2.05, 4.69) is 49.2 Å². The molecule has 1 rings (SSSR count). The van der Waals surface area contributed by atoms with Crippen molar-refractivity contribution in [3.05, 3.63) is 35.4 Å². The number of nitrogens with one attached hydrogen (secondary N) is 1. The van der Waals surface area contributed by atoms with Gasteiger partial charge in [-0.05, 0) is 30.6 Å². The van der Waals surface area contributed by atoms with Crippen LogP contribution >= 0.6 is 0 Å². The second-order valence-corrected chi connectivity index (χ2v) is 4.60. The molecule has 1 unspecified atom stereocenters. The van der Waals surface area contributed by atoms with Crippen molar-refractivity contribution in [2.75, 3.05) is 26.2 Å². The molecule has 0 saturated heterocycles. The van der Waals surface area contributed by atoms with Crippen LogP contribution in [0.15, 0.2) is 24.3 Å². The number of hydrogen-bond donors (Lipinski definition) is 1. The fourth-order valence-corrected chi connectivity index (χ4v) is 2.27. The molecule has 0 saturated carbocycles. The maximum absolute atomic E-state index is 9.35. The summed E-state index contributed by atoms with van der Waals surface area (Å²) >= 11 is 0. The van der Waals surface area contributed by atoms with E-state index < -0.39 is 0 Å². The van der Waals surface area contributed by atoms with Crippen LogP contribution in [0.5, 0.6) is 0 Å². The Kier molecular flexibility index (Phi) is 7.17. The third-order valence-electron chi connectivity index (χ3n) is 3.55. The summed E-state index contributed by atoms with van der Waals surface area (Å²) in [6, 6.07) is 10.4. The summed E-state index contributed by atoms with van der Waals surface area (Å²) in [5.74, 6) is 0. The number of nitriles is 1. The summed E-state index contributed by atoms with van der Waals surface area (Å²) < 4.78 is 0. The molecule has 0 spiro atoms. The molecule has 1 N–H and O–H groups in total. The van der Waals surface area contributed by atoms with Crippen molar-refractivity contribution in [2.45, 2.75) is 33.2 Å². The molecule has 3 heteroatoms. The number of rotatable bonds is 8. The molecule has 3 nitrogen and oxygen atoms in total. The first kappa shape index (κ1) is 15.7. The Bertz CT molecular complexity index is 405. The molecular formula is C16H25N3. The molecular weight excluding hydrogens is 234 g/mol.